The molecule has 2 atom stereocenters. The van der Waals surface area contributed by atoms with Gasteiger partial charge in [-0.15, -0.1) is 0 Å². The number of likely N-dealkylation sites (tertiary alicyclic amines) is 2. The summed E-state index contributed by atoms with van der Waals surface area (Å²) in [6.45, 7) is 11.2. The first kappa shape index (κ1) is 19.4. The van der Waals surface area contributed by atoms with Crippen molar-refractivity contribution in [2.24, 2.45) is 11.3 Å². The van der Waals surface area contributed by atoms with E-state index < -0.39 is 0 Å². The third kappa shape index (κ3) is 4.37. The van der Waals surface area contributed by atoms with E-state index in [2.05, 4.69) is 84.3 Å². The van der Waals surface area contributed by atoms with Crippen molar-refractivity contribution in [3.8, 4) is 0 Å². The third-order valence-electron chi connectivity index (χ3n) is 6.59. The molecule has 0 N–H and O–H groups in total. The number of hydrogen-bond acceptors (Lipinski definition) is 3. The Morgan fingerprint density at radius 3 is 2.61 bits per heavy atom. The number of pyridine rings is 1. The minimum Gasteiger partial charge on any atom is -0.299 e. The smallest absolute Gasteiger partial charge is 0.0547 e. The predicted octanol–water partition coefficient (Wildman–Crippen LogP) is 4.33. The number of aryl methyl sites for hydroxylation is 2. The fraction of sp³-hybridized carbons (Fsp3) is 0.480. The van der Waals surface area contributed by atoms with E-state index in [4.69, 9.17) is 4.98 Å². The Hall–Kier alpha value is -1.97. The lowest BCUT2D eigenvalue weighted by Gasteiger charge is -2.30. The van der Waals surface area contributed by atoms with Crippen LogP contribution in [0.2, 0.25) is 0 Å². The zero-order valence-corrected chi connectivity index (χ0v) is 17.3. The van der Waals surface area contributed by atoms with Gasteiger partial charge in [0, 0.05) is 50.4 Å². The molecule has 1 aromatic heterocycles. The van der Waals surface area contributed by atoms with Crippen LogP contribution < -0.4 is 0 Å². The molecular formula is C25H33N3. The van der Waals surface area contributed by atoms with E-state index in [0.29, 0.717) is 5.41 Å². The van der Waals surface area contributed by atoms with Gasteiger partial charge in [0.1, 0.15) is 0 Å². The molecule has 0 saturated carbocycles. The van der Waals surface area contributed by atoms with Crippen molar-refractivity contribution in [2.45, 2.75) is 33.2 Å². The van der Waals surface area contributed by atoms with Crippen LogP contribution in [0.15, 0.2) is 60.7 Å². The molecule has 0 radical (unpaired) electrons. The summed E-state index contributed by atoms with van der Waals surface area (Å²) in [4.78, 5) is 10.1. The molecule has 148 valence electrons. The summed E-state index contributed by atoms with van der Waals surface area (Å²) in [5.41, 5.74) is 4.22. The quantitative estimate of drug-likeness (QED) is 0.672. The summed E-state index contributed by atoms with van der Waals surface area (Å²) in [7, 11) is 0. The summed E-state index contributed by atoms with van der Waals surface area (Å²) in [6.07, 6.45) is 6.96. The van der Waals surface area contributed by atoms with Gasteiger partial charge in [-0.25, -0.2) is 0 Å². The maximum atomic E-state index is 4.74. The molecule has 2 aliphatic rings. The van der Waals surface area contributed by atoms with E-state index in [1.807, 2.05) is 0 Å². The summed E-state index contributed by atoms with van der Waals surface area (Å²) in [6, 6.07) is 17.4. The summed E-state index contributed by atoms with van der Waals surface area (Å²) in [5, 5.41) is 0. The summed E-state index contributed by atoms with van der Waals surface area (Å²) >= 11 is 0. The van der Waals surface area contributed by atoms with E-state index >= 15 is 0 Å². The molecule has 3 heterocycles. The van der Waals surface area contributed by atoms with Gasteiger partial charge in [-0.05, 0) is 50.3 Å². The van der Waals surface area contributed by atoms with Crippen LogP contribution in [-0.4, -0.2) is 47.5 Å². The molecule has 2 unspecified atom stereocenters. The van der Waals surface area contributed by atoms with Gasteiger partial charge >= 0.3 is 0 Å². The zero-order chi connectivity index (χ0) is 19.4. The molecule has 2 saturated heterocycles. The standard InChI is InChI=1S/C25H33N3/c1-3-4-15-27-16-23-17-28(18-24-12-8-9-21(2)26-24)20-25(23,19-27)14-13-22-10-6-5-7-11-22/h3-12,23H,13-20H2,1-2H3. The van der Waals surface area contributed by atoms with Crippen LogP contribution in [0.4, 0.5) is 0 Å². The van der Waals surface area contributed by atoms with Crippen molar-refractivity contribution >= 4 is 0 Å². The number of benzene rings is 1. The van der Waals surface area contributed by atoms with Gasteiger partial charge < -0.3 is 0 Å². The van der Waals surface area contributed by atoms with Crippen LogP contribution >= 0.6 is 0 Å². The fourth-order valence-corrected chi connectivity index (χ4v) is 5.23. The second-order valence-corrected chi connectivity index (χ2v) is 8.75. The zero-order valence-electron chi connectivity index (χ0n) is 17.3. The molecule has 2 fully saturated rings. The Labute approximate surface area is 170 Å². The van der Waals surface area contributed by atoms with E-state index in [1.165, 1.54) is 50.3 Å². The molecule has 2 aromatic rings. The van der Waals surface area contributed by atoms with Crippen LogP contribution in [0.1, 0.15) is 30.3 Å². The highest BCUT2D eigenvalue weighted by Gasteiger charge is 2.51. The Balaban J connectivity index is 1.46. The van der Waals surface area contributed by atoms with Gasteiger partial charge in [-0.1, -0.05) is 48.6 Å². The Kier molecular flexibility index (Phi) is 5.93. The van der Waals surface area contributed by atoms with E-state index in [-0.39, 0.29) is 0 Å². The monoisotopic (exact) mass is 375 g/mol. The van der Waals surface area contributed by atoms with Crippen molar-refractivity contribution in [1.82, 2.24) is 14.8 Å². The summed E-state index contributed by atoms with van der Waals surface area (Å²) in [5.74, 6) is 0.770. The third-order valence-corrected chi connectivity index (χ3v) is 6.59. The number of hydrogen-bond donors (Lipinski definition) is 0. The highest BCUT2D eigenvalue weighted by Crippen LogP contribution is 2.46. The molecule has 0 bridgehead atoms. The van der Waals surface area contributed by atoms with Crippen LogP contribution in [0, 0.1) is 18.3 Å². The van der Waals surface area contributed by atoms with E-state index in [1.54, 1.807) is 0 Å². The van der Waals surface area contributed by atoms with E-state index in [9.17, 15) is 0 Å². The largest absolute Gasteiger partial charge is 0.299 e. The fourth-order valence-electron chi connectivity index (χ4n) is 5.23. The first-order valence-electron chi connectivity index (χ1n) is 10.7. The topological polar surface area (TPSA) is 19.4 Å². The Morgan fingerprint density at radius 2 is 1.82 bits per heavy atom. The van der Waals surface area contributed by atoms with Gasteiger partial charge in [-0.3, -0.25) is 14.8 Å². The van der Waals surface area contributed by atoms with Crippen LogP contribution in [-0.2, 0) is 13.0 Å². The van der Waals surface area contributed by atoms with Crippen LogP contribution in [0.3, 0.4) is 0 Å². The minimum absolute atomic E-state index is 0.418. The molecule has 0 aliphatic carbocycles. The average Bonchev–Trinajstić information content (AvgIpc) is 3.19. The molecule has 1 aromatic carbocycles. The SMILES string of the molecule is CC=CCN1CC2CN(Cc3cccc(C)n3)CC2(CCc2ccccc2)C1. The Bertz CT molecular complexity index is 800. The second kappa shape index (κ2) is 8.59. The van der Waals surface area contributed by atoms with Gasteiger partial charge in [0.15, 0.2) is 0 Å². The molecule has 3 nitrogen and oxygen atoms in total. The van der Waals surface area contributed by atoms with Crippen LogP contribution in [0.25, 0.3) is 0 Å². The van der Waals surface area contributed by atoms with Crippen molar-refractivity contribution in [3.05, 3.63) is 77.6 Å². The van der Waals surface area contributed by atoms with Gasteiger partial charge in [-0.2, -0.15) is 0 Å². The lowest BCUT2D eigenvalue weighted by molar-refractivity contribution is 0.204. The minimum atomic E-state index is 0.418. The molecule has 4 rings (SSSR count). The normalized spacial score (nSPS) is 25.6. The average molecular weight is 376 g/mol. The van der Waals surface area contributed by atoms with Gasteiger partial charge in [0.2, 0.25) is 0 Å². The molecular weight excluding hydrogens is 342 g/mol. The molecule has 28 heavy (non-hydrogen) atoms. The molecule has 0 spiro atoms. The second-order valence-electron chi connectivity index (χ2n) is 8.75. The number of fused-ring (bicyclic) bond motifs is 1. The molecule has 3 heteroatoms. The number of rotatable bonds is 7. The highest BCUT2D eigenvalue weighted by molar-refractivity contribution is 5.17. The van der Waals surface area contributed by atoms with Gasteiger partial charge in [0.05, 0.1) is 5.69 Å². The first-order valence-corrected chi connectivity index (χ1v) is 10.7. The predicted molar refractivity (Wildman–Crippen MR) is 116 cm³/mol. The summed E-state index contributed by atoms with van der Waals surface area (Å²) < 4.78 is 0. The number of nitrogens with zero attached hydrogens (tertiary/aromatic N) is 3. The van der Waals surface area contributed by atoms with Crippen molar-refractivity contribution in [2.75, 3.05) is 32.7 Å². The van der Waals surface area contributed by atoms with Crippen molar-refractivity contribution in [3.63, 3.8) is 0 Å². The van der Waals surface area contributed by atoms with E-state index in [0.717, 1.165) is 24.7 Å². The highest BCUT2D eigenvalue weighted by atomic mass is 15.3. The Morgan fingerprint density at radius 1 is 1.04 bits per heavy atom. The maximum Gasteiger partial charge on any atom is 0.0547 e. The number of aromatic nitrogens is 1. The van der Waals surface area contributed by atoms with Crippen molar-refractivity contribution < 1.29 is 0 Å². The lowest BCUT2D eigenvalue weighted by Crippen LogP contribution is -2.34. The van der Waals surface area contributed by atoms with Crippen molar-refractivity contribution in [1.29, 1.82) is 0 Å². The van der Waals surface area contributed by atoms with Gasteiger partial charge in [0.25, 0.3) is 0 Å². The van der Waals surface area contributed by atoms with Crippen LogP contribution in [0.5, 0.6) is 0 Å². The molecule has 2 aliphatic heterocycles. The number of allylic oxidation sites excluding steroid dienone is 1. The maximum absolute atomic E-state index is 4.74. The lowest BCUT2D eigenvalue weighted by atomic mass is 9.76. The molecule has 0 amide bonds. The first-order chi connectivity index (χ1) is 13.7.